The lowest BCUT2D eigenvalue weighted by Crippen LogP contribution is -2.08. The highest BCUT2D eigenvalue weighted by Crippen LogP contribution is 2.27. The zero-order valence-corrected chi connectivity index (χ0v) is 18.8. The molecule has 32 heavy (non-hydrogen) atoms. The third kappa shape index (κ3) is 6.59. The lowest BCUT2D eigenvalue weighted by atomic mass is 10.1. The van der Waals surface area contributed by atoms with Gasteiger partial charge in [0.2, 0.25) is 5.89 Å². The fourth-order valence-corrected chi connectivity index (χ4v) is 3.19. The highest BCUT2D eigenvalue weighted by atomic mass is 16.7. The molecule has 7 nitrogen and oxygen atoms in total. The standard InChI is InChI=1S/C25H29NO6/c1-4-29-24(27)13-11-19-10-12-21(16-23(19)31-17-28-3)30-15-14-22-18(2)32-25(26-22)20-8-6-5-7-9-20/h5-10,12,16H,4,11,13-15,17H2,1-3H3. The summed E-state index contributed by atoms with van der Waals surface area (Å²) < 4.78 is 27.4. The van der Waals surface area contributed by atoms with E-state index in [4.69, 9.17) is 23.4 Å². The molecule has 1 aromatic heterocycles. The normalized spacial score (nSPS) is 10.7. The number of aryl methyl sites for hydroxylation is 2. The van der Waals surface area contributed by atoms with Crippen molar-refractivity contribution in [1.29, 1.82) is 0 Å². The molecule has 7 heteroatoms. The van der Waals surface area contributed by atoms with E-state index < -0.39 is 0 Å². The number of ether oxygens (including phenoxy) is 4. The third-order valence-electron chi connectivity index (χ3n) is 4.80. The number of benzene rings is 2. The van der Waals surface area contributed by atoms with Crippen LogP contribution in [0, 0.1) is 6.92 Å². The van der Waals surface area contributed by atoms with Crippen LogP contribution >= 0.6 is 0 Å². The van der Waals surface area contributed by atoms with E-state index in [1.54, 1.807) is 14.0 Å². The van der Waals surface area contributed by atoms with Crippen LogP contribution in [-0.4, -0.2) is 38.1 Å². The molecule has 0 radical (unpaired) electrons. The highest BCUT2D eigenvalue weighted by molar-refractivity contribution is 5.69. The predicted octanol–water partition coefficient (Wildman–Crippen LogP) is 4.75. The molecule has 0 N–H and O–H groups in total. The van der Waals surface area contributed by atoms with E-state index in [-0.39, 0.29) is 19.2 Å². The van der Waals surface area contributed by atoms with Crippen molar-refractivity contribution >= 4 is 5.97 Å². The number of hydrogen-bond acceptors (Lipinski definition) is 7. The number of esters is 1. The number of carbonyl (C=O) groups is 1. The fourth-order valence-electron chi connectivity index (χ4n) is 3.19. The van der Waals surface area contributed by atoms with Crippen molar-refractivity contribution in [3.05, 3.63) is 65.5 Å². The molecule has 0 aliphatic heterocycles. The quantitative estimate of drug-likeness (QED) is 0.298. The van der Waals surface area contributed by atoms with Crippen LogP contribution in [0.2, 0.25) is 0 Å². The van der Waals surface area contributed by atoms with Crippen molar-refractivity contribution < 1.29 is 28.2 Å². The number of aromatic nitrogens is 1. The van der Waals surface area contributed by atoms with Gasteiger partial charge in [0, 0.05) is 31.6 Å². The fraction of sp³-hybridized carbons (Fsp3) is 0.360. The molecule has 0 saturated carbocycles. The minimum atomic E-state index is -0.233. The summed E-state index contributed by atoms with van der Waals surface area (Å²) in [5, 5.41) is 0. The first-order valence-electron chi connectivity index (χ1n) is 10.7. The van der Waals surface area contributed by atoms with Crippen molar-refractivity contribution in [2.45, 2.75) is 33.1 Å². The molecular formula is C25H29NO6. The second kappa shape index (κ2) is 11.9. The van der Waals surface area contributed by atoms with E-state index >= 15 is 0 Å². The van der Waals surface area contributed by atoms with Gasteiger partial charge >= 0.3 is 5.97 Å². The van der Waals surface area contributed by atoms with Crippen LogP contribution in [-0.2, 0) is 27.1 Å². The van der Waals surface area contributed by atoms with E-state index in [9.17, 15) is 4.79 Å². The van der Waals surface area contributed by atoms with Crippen LogP contribution in [0.3, 0.4) is 0 Å². The average Bonchev–Trinajstić information content (AvgIpc) is 3.18. The molecule has 0 spiro atoms. The Balaban J connectivity index is 1.61. The number of oxazole rings is 1. The summed E-state index contributed by atoms with van der Waals surface area (Å²) in [5.74, 6) is 2.45. The van der Waals surface area contributed by atoms with Gasteiger partial charge in [0.25, 0.3) is 0 Å². The Morgan fingerprint density at radius 3 is 2.62 bits per heavy atom. The topological polar surface area (TPSA) is 80.0 Å². The van der Waals surface area contributed by atoms with Crippen molar-refractivity contribution in [2.75, 3.05) is 27.1 Å². The minimum absolute atomic E-state index is 0.107. The molecule has 1 heterocycles. The predicted molar refractivity (Wildman–Crippen MR) is 120 cm³/mol. The lowest BCUT2D eigenvalue weighted by Gasteiger charge is -2.13. The molecule has 0 bridgehead atoms. The zero-order valence-electron chi connectivity index (χ0n) is 18.8. The van der Waals surface area contributed by atoms with Gasteiger partial charge in [-0.15, -0.1) is 0 Å². The molecule has 170 valence electrons. The van der Waals surface area contributed by atoms with Gasteiger partial charge in [-0.3, -0.25) is 4.79 Å². The van der Waals surface area contributed by atoms with Crippen LogP contribution in [0.15, 0.2) is 52.9 Å². The van der Waals surface area contributed by atoms with Crippen molar-refractivity contribution in [2.24, 2.45) is 0 Å². The molecule has 0 unspecified atom stereocenters. The van der Waals surface area contributed by atoms with Gasteiger partial charge in [0.1, 0.15) is 17.3 Å². The highest BCUT2D eigenvalue weighted by Gasteiger charge is 2.13. The molecule has 0 aliphatic carbocycles. The van der Waals surface area contributed by atoms with Crippen LogP contribution in [0.5, 0.6) is 11.5 Å². The first-order chi connectivity index (χ1) is 15.6. The Bertz CT molecular complexity index is 999. The van der Waals surface area contributed by atoms with E-state index in [2.05, 4.69) is 4.98 Å². The second-order valence-corrected chi connectivity index (χ2v) is 7.11. The molecule has 0 amide bonds. The second-order valence-electron chi connectivity index (χ2n) is 7.11. The number of rotatable bonds is 12. The maximum Gasteiger partial charge on any atom is 0.306 e. The van der Waals surface area contributed by atoms with E-state index in [1.165, 1.54) is 0 Å². The Labute approximate surface area is 188 Å². The summed E-state index contributed by atoms with van der Waals surface area (Å²) in [6.45, 7) is 4.62. The smallest absolute Gasteiger partial charge is 0.306 e. The first kappa shape index (κ1) is 23.3. The first-order valence-corrected chi connectivity index (χ1v) is 10.7. The van der Waals surface area contributed by atoms with Gasteiger partial charge in [-0.25, -0.2) is 4.98 Å². The van der Waals surface area contributed by atoms with E-state index in [1.807, 2.05) is 55.5 Å². The van der Waals surface area contributed by atoms with E-state index in [0.717, 1.165) is 22.6 Å². The molecule has 0 atom stereocenters. The zero-order chi connectivity index (χ0) is 22.8. The van der Waals surface area contributed by atoms with Gasteiger partial charge in [0.05, 0.1) is 18.9 Å². The summed E-state index contributed by atoms with van der Waals surface area (Å²) >= 11 is 0. The Kier molecular flexibility index (Phi) is 8.69. The minimum Gasteiger partial charge on any atom is -0.493 e. The van der Waals surface area contributed by atoms with Crippen LogP contribution in [0.25, 0.3) is 11.5 Å². The molecule has 3 rings (SSSR count). The molecule has 3 aromatic rings. The van der Waals surface area contributed by atoms with Gasteiger partial charge in [-0.1, -0.05) is 24.3 Å². The van der Waals surface area contributed by atoms with Crippen LogP contribution in [0.1, 0.15) is 30.4 Å². The van der Waals surface area contributed by atoms with Crippen molar-refractivity contribution in [3.63, 3.8) is 0 Å². The van der Waals surface area contributed by atoms with Crippen LogP contribution < -0.4 is 9.47 Å². The van der Waals surface area contributed by atoms with Gasteiger partial charge in [0.15, 0.2) is 6.79 Å². The summed E-state index contributed by atoms with van der Waals surface area (Å²) in [6, 6.07) is 15.4. The molecule has 2 aromatic carbocycles. The van der Waals surface area contributed by atoms with Gasteiger partial charge in [-0.05, 0) is 44.0 Å². The summed E-state index contributed by atoms with van der Waals surface area (Å²) in [4.78, 5) is 16.3. The van der Waals surface area contributed by atoms with Gasteiger partial charge < -0.3 is 23.4 Å². The number of hydrogen-bond donors (Lipinski definition) is 0. The largest absolute Gasteiger partial charge is 0.493 e. The SMILES string of the molecule is CCOC(=O)CCc1ccc(OCCc2nc(-c3ccccc3)oc2C)cc1OCOC. The lowest BCUT2D eigenvalue weighted by molar-refractivity contribution is -0.143. The number of methoxy groups -OCH3 is 1. The molecule has 0 saturated heterocycles. The molecular weight excluding hydrogens is 410 g/mol. The summed E-state index contributed by atoms with van der Waals surface area (Å²) in [7, 11) is 1.56. The molecule has 0 fully saturated rings. The number of nitrogens with zero attached hydrogens (tertiary/aromatic N) is 1. The monoisotopic (exact) mass is 439 g/mol. The third-order valence-corrected chi connectivity index (χ3v) is 4.80. The van der Waals surface area contributed by atoms with Crippen molar-refractivity contribution in [3.8, 4) is 23.0 Å². The van der Waals surface area contributed by atoms with Crippen molar-refractivity contribution in [1.82, 2.24) is 4.98 Å². The maximum absolute atomic E-state index is 11.7. The average molecular weight is 440 g/mol. The molecule has 0 aliphatic rings. The Morgan fingerprint density at radius 2 is 1.88 bits per heavy atom. The van der Waals surface area contributed by atoms with E-state index in [0.29, 0.717) is 43.4 Å². The Morgan fingerprint density at radius 1 is 1.06 bits per heavy atom. The maximum atomic E-state index is 11.7. The Hall–Kier alpha value is -3.32. The van der Waals surface area contributed by atoms with Crippen LogP contribution in [0.4, 0.5) is 0 Å². The number of carbonyl (C=O) groups excluding carboxylic acids is 1. The summed E-state index contributed by atoms with van der Waals surface area (Å²) in [5.41, 5.74) is 2.70. The van der Waals surface area contributed by atoms with Gasteiger partial charge in [-0.2, -0.15) is 0 Å². The summed E-state index contributed by atoms with van der Waals surface area (Å²) in [6.07, 6.45) is 1.41.